The molecule has 0 bridgehead atoms. The molecule has 5 nitrogen and oxygen atoms in total. The van der Waals surface area contributed by atoms with E-state index in [1.54, 1.807) is 0 Å². The highest BCUT2D eigenvalue weighted by atomic mass is 16.6. The van der Waals surface area contributed by atoms with Crippen molar-refractivity contribution in [2.45, 2.75) is 50.3 Å². The lowest BCUT2D eigenvalue weighted by atomic mass is 9.83. The molecule has 1 fully saturated rings. The van der Waals surface area contributed by atoms with Crippen LogP contribution in [-0.4, -0.2) is 46.0 Å². The summed E-state index contributed by atoms with van der Waals surface area (Å²) in [5.74, 6) is 0.260. The molecule has 5 heteroatoms. The fourth-order valence-corrected chi connectivity index (χ4v) is 2.47. The number of ether oxygens (including phenoxy) is 2. The molecular weight excluding hydrogens is 212 g/mol. The number of Topliss-reactive ketones (excluding diaryl/α,β-unsaturated/α-hetero) is 1. The van der Waals surface area contributed by atoms with Crippen LogP contribution in [-0.2, 0) is 14.3 Å². The van der Waals surface area contributed by atoms with Crippen molar-refractivity contribution in [2.75, 3.05) is 0 Å². The highest BCUT2D eigenvalue weighted by Gasteiger charge is 2.59. The average molecular weight is 226 g/mol. The molecule has 3 rings (SSSR count). The largest absolute Gasteiger partial charge is 0.488 e. The van der Waals surface area contributed by atoms with Crippen LogP contribution in [0.1, 0.15) is 20.3 Å². The summed E-state index contributed by atoms with van der Waals surface area (Å²) in [5, 5.41) is 19.5. The van der Waals surface area contributed by atoms with Crippen LogP contribution in [0.3, 0.4) is 0 Å². The highest BCUT2D eigenvalue weighted by Crippen LogP contribution is 2.46. The van der Waals surface area contributed by atoms with E-state index in [-0.39, 0.29) is 23.9 Å². The average Bonchev–Trinajstić information content (AvgIpc) is 2.91. The fourth-order valence-electron chi connectivity index (χ4n) is 2.47. The predicted octanol–water partition coefficient (Wildman–Crippen LogP) is -0.489. The lowest BCUT2D eigenvalue weighted by Gasteiger charge is -2.36. The van der Waals surface area contributed by atoms with Gasteiger partial charge in [-0.05, 0) is 13.8 Å². The Bertz CT molecular complexity index is 397. The Labute approximate surface area is 92.7 Å². The number of rotatable bonds is 0. The van der Waals surface area contributed by atoms with Gasteiger partial charge in [0.05, 0.1) is 12.0 Å². The van der Waals surface area contributed by atoms with Crippen LogP contribution in [0.15, 0.2) is 11.3 Å². The number of hydrogen-bond donors (Lipinski definition) is 2. The van der Waals surface area contributed by atoms with Crippen molar-refractivity contribution in [3.8, 4) is 0 Å². The fraction of sp³-hybridized carbons (Fsp3) is 0.727. The van der Waals surface area contributed by atoms with Gasteiger partial charge in [-0.15, -0.1) is 0 Å². The van der Waals surface area contributed by atoms with Crippen molar-refractivity contribution in [1.82, 2.24) is 0 Å². The quantitative estimate of drug-likeness (QED) is 0.545. The minimum absolute atomic E-state index is 0.160. The molecule has 1 aliphatic carbocycles. The summed E-state index contributed by atoms with van der Waals surface area (Å²) >= 11 is 0. The minimum atomic E-state index is -1.18. The van der Waals surface area contributed by atoms with Crippen LogP contribution in [0.25, 0.3) is 0 Å². The molecule has 0 amide bonds. The maximum absolute atomic E-state index is 11.9. The van der Waals surface area contributed by atoms with E-state index in [4.69, 9.17) is 9.47 Å². The van der Waals surface area contributed by atoms with E-state index in [0.717, 1.165) is 0 Å². The van der Waals surface area contributed by atoms with E-state index in [2.05, 4.69) is 0 Å². The van der Waals surface area contributed by atoms with Gasteiger partial charge in [-0.2, -0.15) is 0 Å². The Kier molecular flexibility index (Phi) is 1.83. The summed E-state index contributed by atoms with van der Waals surface area (Å²) in [6.07, 6.45) is -2.75. The monoisotopic (exact) mass is 226 g/mol. The van der Waals surface area contributed by atoms with E-state index < -0.39 is 23.9 Å². The van der Waals surface area contributed by atoms with Crippen LogP contribution in [0, 0.1) is 0 Å². The van der Waals surface area contributed by atoms with Gasteiger partial charge in [-0.3, -0.25) is 4.79 Å². The Balaban J connectivity index is 2.05. The summed E-state index contributed by atoms with van der Waals surface area (Å²) in [6.45, 7) is 3.65. The van der Waals surface area contributed by atoms with Gasteiger partial charge in [0.15, 0.2) is 5.78 Å². The third-order valence-electron chi connectivity index (χ3n) is 3.28. The number of epoxide rings is 1. The molecule has 2 aliphatic heterocycles. The van der Waals surface area contributed by atoms with Crippen LogP contribution in [0.2, 0.25) is 0 Å². The molecule has 2 N–H and O–H groups in total. The van der Waals surface area contributed by atoms with Crippen LogP contribution >= 0.6 is 0 Å². The first-order chi connectivity index (χ1) is 7.41. The number of aliphatic hydroxyl groups excluding tert-OH is 2. The van der Waals surface area contributed by atoms with Crippen molar-refractivity contribution in [2.24, 2.45) is 0 Å². The highest BCUT2D eigenvalue weighted by molar-refractivity contribution is 5.98. The lowest BCUT2D eigenvalue weighted by molar-refractivity contribution is -0.127. The zero-order valence-electron chi connectivity index (χ0n) is 9.14. The second-order valence-electron chi connectivity index (χ2n) is 5.20. The van der Waals surface area contributed by atoms with E-state index in [9.17, 15) is 15.0 Å². The van der Waals surface area contributed by atoms with Gasteiger partial charge >= 0.3 is 0 Å². The first-order valence-electron chi connectivity index (χ1n) is 5.38. The normalized spacial score (nSPS) is 44.6. The molecule has 4 atom stereocenters. The van der Waals surface area contributed by atoms with Gasteiger partial charge in [0.25, 0.3) is 0 Å². The Morgan fingerprint density at radius 1 is 1.38 bits per heavy atom. The number of carbonyl (C=O) groups is 1. The van der Waals surface area contributed by atoms with Gasteiger partial charge in [0.2, 0.25) is 0 Å². The zero-order chi connectivity index (χ0) is 11.7. The number of aliphatic hydroxyl groups is 2. The molecule has 88 valence electrons. The van der Waals surface area contributed by atoms with Crippen LogP contribution < -0.4 is 0 Å². The molecule has 0 radical (unpaired) electrons. The maximum atomic E-state index is 11.9. The SMILES string of the molecule is CC1(C)CC(=O)C2=C(O1)C1OC1C(O)C2O. The molecule has 0 spiro atoms. The van der Waals surface area contributed by atoms with E-state index in [1.165, 1.54) is 0 Å². The Hall–Kier alpha value is -0.910. The third-order valence-corrected chi connectivity index (χ3v) is 3.28. The van der Waals surface area contributed by atoms with Crippen molar-refractivity contribution >= 4 is 5.78 Å². The summed E-state index contributed by atoms with van der Waals surface area (Å²) in [7, 11) is 0. The van der Waals surface area contributed by atoms with Crippen molar-refractivity contribution in [3.05, 3.63) is 11.3 Å². The molecule has 0 aromatic carbocycles. The van der Waals surface area contributed by atoms with Crippen LogP contribution in [0.4, 0.5) is 0 Å². The van der Waals surface area contributed by atoms with Crippen molar-refractivity contribution in [1.29, 1.82) is 0 Å². The molecule has 4 unspecified atom stereocenters. The van der Waals surface area contributed by atoms with Gasteiger partial charge in [0.1, 0.15) is 35.8 Å². The molecule has 0 aromatic rings. The maximum Gasteiger partial charge on any atom is 0.169 e. The van der Waals surface area contributed by atoms with E-state index in [1.807, 2.05) is 13.8 Å². The minimum Gasteiger partial charge on any atom is -0.488 e. The Morgan fingerprint density at radius 3 is 2.75 bits per heavy atom. The Morgan fingerprint density at radius 2 is 2.06 bits per heavy atom. The molecular formula is C11H14O5. The molecule has 0 aromatic heterocycles. The second kappa shape index (κ2) is 2.85. The molecule has 2 heterocycles. The van der Waals surface area contributed by atoms with Crippen molar-refractivity contribution < 1.29 is 24.5 Å². The zero-order valence-corrected chi connectivity index (χ0v) is 9.14. The van der Waals surface area contributed by atoms with Crippen LogP contribution in [0.5, 0.6) is 0 Å². The van der Waals surface area contributed by atoms with E-state index >= 15 is 0 Å². The molecule has 1 saturated heterocycles. The van der Waals surface area contributed by atoms with Gasteiger partial charge in [-0.1, -0.05) is 0 Å². The number of fused-ring (bicyclic) bond motifs is 2. The lowest BCUT2D eigenvalue weighted by Crippen LogP contribution is -2.46. The number of carbonyl (C=O) groups excluding carboxylic acids is 1. The van der Waals surface area contributed by atoms with E-state index in [0.29, 0.717) is 5.76 Å². The number of ketones is 1. The first kappa shape index (κ1) is 10.3. The smallest absolute Gasteiger partial charge is 0.169 e. The third kappa shape index (κ3) is 1.25. The number of hydrogen-bond acceptors (Lipinski definition) is 5. The molecule has 3 aliphatic rings. The summed E-state index contributed by atoms with van der Waals surface area (Å²) in [5.41, 5.74) is -0.361. The van der Waals surface area contributed by atoms with Crippen molar-refractivity contribution in [3.63, 3.8) is 0 Å². The topological polar surface area (TPSA) is 79.3 Å². The first-order valence-corrected chi connectivity index (χ1v) is 5.38. The summed E-state index contributed by atoms with van der Waals surface area (Å²) < 4.78 is 10.9. The predicted molar refractivity (Wildman–Crippen MR) is 52.5 cm³/mol. The summed E-state index contributed by atoms with van der Waals surface area (Å²) in [6, 6.07) is 0. The van der Waals surface area contributed by atoms with Gasteiger partial charge in [-0.25, -0.2) is 0 Å². The second-order valence-corrected chi connectivity index (χ2v) is 5.20. The summed E-state index contributed by atoms with van der Waals surface area (Å²) in [4.78, 5) is 11.9. The van der Waals surface area contributed by atoms with Gasteiger partial charge in [0, 0.05) is 0 Å². The van der Waals surface area contributed by atoms with Gasteiger partial charge < -0.3 is 19.7 Å². The molecule has 16 heavy (non-hydrogen) atoms. The standard InChI is InChI=1S/C11H14O5/c1-11(2)3-4(12)5-6(13)7(14)9-10(15-9)8(5)16-11/h6-7,9-10,13-14H,3H2,1-2H3. The molecule has 0 saturated carbocycles.